The first kappa shape index (κ1) is 18.5. The van der Waals surface area contributed by atoms with E-state index < -0.39 is 5.97 Å². The summed E-state index contributed by atoms with van der Waals surface area (Å²) < 4.78 is 0. The van der Waals surface area contributed by atoms with E-state index in [1.807, 2.05) is 25.1 Å². The minimum atomic E-state index is -1.15. The molecule has 0 saturated heterocycles. The minimum Gasteiger partial charge on any atom is -0.475 e. The minimum absolute atomic E-state index is 0. The largest absolute Gasteiger partial charge is 0.475 e. The molecule has 1 heterocycles. The predicted molar refractivity (Wildman–Crippen MR) is 90.7 cm³/mol. The molecule has 0 amide bonds. The van der Waals surface area contributed by atoms with Crippen LogP contribution in [0.4, 0.5) is 5.82 Å². The molecule has 0 saturated carbocycles. The number of carboxylic acid groups (broad SMARTS) is 1. The molecule has 2 rings (SSSR count). The van der Waals surface area contributed by atoms with Crippen LogP contribution in [0.15, 0.2) is 34.1 Å². The molecule has 0 unspecified atom stereocenters. The van der Waals surface area contributed by atoms with Crippen molar-refractivity contribution in [1.29, 1.82) is 0 Å². The van der Waals surface area contributed by atoms with Crippen molar-refractivity contribution in [3.05, 3.63) is 40.8 Å². The lowest BCUT2D eigenvalue weighted by molar-refractivity contribution is 0.0683. The van der Waals surface area contributed by atoms with E-state index >= 15 is 0 Å². The summed E-state index contributed by atoms with van der Waals surface area (Å²) >= 11 is 7.58. The smallest absolute Gasteiger partial charge is 0.374 e. The first-order valence-electron chi connectivity index (χ1n) is 6.31. The summed E-state index contributed by atoms with van der Waals surface area (Å²) in [6, 6.07) is 7.45. The standard InChI is InChI=1S/C14H14ClN3O2S.ClH/c1-3-16-12-11(8(2)17-13(18-12)14(19)20)21-10-7-5-4-6-9(10)15;/h4-7H,3H2,1-2H3,(H,19,20)(H,16,17,18);1H. The van der Waals surface area contributed by atoms with Crippen LogP contribution in [-0.2, 0) is 0 Å². The SMILES string of the molecule is CCNc1nc(C(=O)O)nc(C)c1Sc1ccccc1Cl.Cl. The highest BCUT2D eigenvalue weighted by atomic mass is 35.5. The lowest BCUT2D eigenvalue weighted by Crippen LogP contribution is -2.11. The zero-order chi connectivity index (χ0) is 15.4. The van der Waals surface area contributed by atoms with E-state index in [4.69, 9.17) is 16.7 Å². The van der Waals surface area contributed by atoms with Crippen molar-refractivity contribution in [2.45, 2.75) is 23.6 Å². The number of rotatable bonds is 5. The lowest BCUT2D eigenvalue weighted by atomic mass is 10.4. The molecule has 0 aliphatic rings. The van der Waals surface area contributed by atoms with Crippen molar-refractivity contribution in [3.8, 4) is 0 Å². The van der Waals surface area contributed by atoms with E-state index in [2.05, 4.69) is 15.3 Å². The molecule has 0 aliphatic carbocycles. The Labute approximate surface area is 143 Å². The number of carboxylic acids is 1. The van der Waals surface area contributed by atoms with E-state index in [0.717, 1.165) is 9.79 Å². The Hall–Kier alpha value is -1.50. The third-order valence-corrected chi connectivity index (χ3v) is 4.33. The zero-order valence-corrected chi connectivity index (χ0v) is 14.3. The van der Waals surface area contributed by atoms with Gasteiger partial charge in [-0.25, -0.2) is 14.8 Å². The first-order valence-corrected chi connectivity index (χ1v) is 7.50. The number of aryl methyl sites for hydroxylation is 1. The summed E-state index contributed by atoms with van der Waals surface area (Å²) in [6.45, 7) is 4.31. The summed E-state index contributed by atoms with van der Waals surface area (Å²) in [5, 5.41) is 12.8. The number of anilines is 1. The number of nitrogens with zero attached hydrogens (tertiary/aromatic N) is 2. The fourth-order valence-electron chi connectivity index (χ4n) is 1.71. The highest BCUT2D eigenvalue weighted by Crippen LogP contribution is 2.37. The van der Waals surface area contributed by atoms with E-state index in [-0.39, 0.29) is 18.2 Å². The predicted octanol–water partition coefficient (Wildman–Crippen LogP) is 4.14. The molecule has 0 atom stereocenters. The van der Waals surface area contributed by atoms with Crippen molar-refractivity contribution in [2.75, 3.05) is 11.9 Å². The van der Waals surface area contributed by atoms with E-state index in [1.165, 1.54) is 11.8 Å². The van der Waals surface area contributed by atoms with Crippen molar-refractivity contribution in [1.82, 2.24) is 9.97 Å². The molecule has 2 aromatic rings. The van der Waals surface area contributed by atoms with Crippen LogP contribution >= 0.6 is 35.8 Å². The maximum atomic E-state index is 11.1. The van der Waals surface area contributed by atoms with E-state index in [9.17, 15) is 4.79 Å². The van der Waals surface area contributed by atoms with Gasteiger partial charge in [-0.1, -0.05) is 35.5 Å². The fourth-order valence-corrected chi connectivity index (χ4v) is 2.90. The number of halogens is 2. The number of aromatic carboxylic acids is 1. The Morgan fingerprint density at radius 2 is 2.05 bits per heavy atom. The Balaban J connectivity index is 0.00000242. The Morgan fingerprint density at radius 3 is 2.64 bits per heavy atom. The van der Waals surface area contributed by atoms with Gasteiger partial charge in [0.2, 0.25) is 5.82 Å². The summed E-state index contributed by atoms with van der Waals surface area (Å²) in [7, 11) is 0. The van der Waals surface area contributed by atoms with Gasteiger partial charge in [0.15, 0.2) is 0 Å². The van der Waals surface area contributed by atoms with Crippen LogP contribution in [0.2, 0.25) is 5.02 Å². The van der Waals surface area contributed by atoms with Gasteiger partial charge in [-0.15, -0.1) is 12.4 Å². The lowest BCUT2D eigenvalue weighted by Gasteiger charge is -2.13. The number of nitrogens with one attached hydrogen (secondary N) is 1. The van der Waals surface area contributed by atoms with Crippen molar-refractivity contribution < 1.29 is 9.90 Å². The quantitative estimate of drug-likeness (QED) is 0.835. The molecule has 0 bridgehead atoms. The number of benzene rings is 1. The molecule has 1 aromatic carbocycles. The van der Waals surface area contributed by atoms with Gasteiger partial charge in [0.1, 0.15) is 5.82 Å². The molecular weight excluding hydrogens is 345 g/mol. The second kappa shape index (κ2) is 8.22. The monoisotopic (exact) mass is 359 g/mol. The highest BCUT2D eigenvalue weighted by molar-refractivity contribution is 7.99. The molecule has 0 aliphatic heterocycles. The van der Waals surface area contributed by atoms with Crippen molar-refractivity contribution in [3.63, 3.8) is 0 Å². The van der Waals surface area contributed by atoms with Gasteiger partial charge < -0.3 is 10.4 Å². The first-order chi connectivity index (χ1) is 10.0. The molecule has 0 radical (unpaired) electrons. The van der Waals surface area contributed by atoms with Gasteiger partial charge in [0.05, 0.1) is 15.6 Å². The summed E-state index contributed by atoms with van der Waals surface area (Å²) in [6.07, 6.45) is 0. The zero-order valence-electron chi connectivity index (χ0n) is 12.0. The van der Waals surface area contributed by atoms with Crippen LogP contribution in [0, 0.1) is 6.92 Å². The normalized spacial score (nSPS) is 9.95. The Morgan fingerprint density at radius 1 is 1.36 bits per heavy atom. The average molecular weight is 360 g/mol. The maximum Gasteiger partial charge on any atom is 0.374 e. The maximum absolute atomic E-state index is 11.1. The van der Waals surface area contributed by atoms with Crippen LogP contribution in [0.25, 0.3) is 0 Å². The molecule has 8 heteroatoms. The number of hydrogen-bond acceptors (Lipinski definition) is 5. The Bertz CT molecular complexity index is 683. The van der Waals surface area contributed by atoms with Gasteiger partial charge in [-0.2, -0.15) is 0 Å². The number of aromatic nitrogens is 2. The third-order valence-electron chi connectivity index (χ3n) is 2.62. The van der Waals surface area contributed by atoms with E-state index in [1.54, 1.807) is 13.0 Å². The van der Waals surface area contributed by atoms with Gasteiger partial charge in [0.25, 0.3) is 0 Å². The summed E-state index contributed by atoms with van der Waals surface area (Å²) in [4.78, 5) is 20.8. The second-order valence-electron chi connectivity index (χ2n) is 4.18. The molecule has 22 heavy (non-hydrogen) atoms. The number of hydrogen-bond donors (Lipinski definition) is 2. The molecule has 118 valence electrons. The van der Waals surface area contributed by atoms with Gasteiger partial charge in [-0.05, 0) is 26.0 Å². The van der Waals surface area contributed by atoms with Crippen LogP contribution in [-0.4, -0.2) is 27.6 Å². The second-order valence-corrected chi connectivity index (χ2v) is 5.64. The summed E-state index contributed by atoms with van der Waals surface area (Å²) in [5.41, 5.74) is 0.600. The molecule has 2 N–H and O–H groups in total. The van der Waals surface area contributed by atoms with Crippen LogP contribution in [0.3, 0.4) is 0 Å². The average Bonchev–Trinajstić information content (AvgIpc) is 2.44. The number of carbonyl (C=O) groups is 1. The highest BCUT2D eigenvalue weighted by Gasteiger charge is 2.17. The van der Waals surface area contributed by atoms with Gasteiger partial charge >= 0.3 is 5.97 Å². The molecule has 5 nitrogen and oxygen atoms in total. The fraction of sp³-hybridized carbons (Fsp3) is 0.214. The molecular formula is C14H15Cl2N3O2S. The molecule has 1 aromatic heterocycles. The van der Waals surface area contributed by atoms with Crippen molar-refractivity contribution in [2.24, 2.45) is 0 Å². The Kier molecular flexibility index (Phi) is 6.93. The van der Waals surface area contributed by atoms with Gasteiger partial charge in [0, 0.05) is 11.4 Å². The van der Waals surface area contributed by atoms with Crippen LogP contribution in [0.1, 0.15) is 23.2 Å². The van der Waals surface area contributed by atoms with Gasteiger partial charge in [-0.3, -0.25) is 0 Å². The van der Waals surface area contributed by atoms with Crippen LogP contribution < -0.4 is 5.32 Å². The molecule has 0 spiro atoms. The topological polar surface area (TPSA) is 75.1 Å². The van der Waals surface area contributed by atoms with Crippen LogP contribution in [0.5, 0.6) is 0 Å². The van der Waals surface area contributed by atoms with E-state index in [0.29, 0.717) is 23.1 Å². The van der Waals surface area contributed by atoms with Crippen molar-refractivity contribution >= 4 is 47.6 Å². The molecule has 0 fully saturated rings. The third kappa shape index (κ3) is 4.25. The summed E-state index contributed by atoms with van der Waals surface area (Å²) in [5.74, 6) is -0.856.